The van der Waals surface area contributed by atoms with Crippen LogP contribution in [0, 0.1) is 17.3 Å². The van der Waals surface area contributed by atoms with Crippen molar-refractivity contribution in [2.75, 3.05) is 0 Å². The molecule has 4 nitrogen and oxygen atoms in total. The van der Waals surface area contributed by atoms with Gasteiger partial charge in [0.15, 0.2) is 0 Å². The molecule has 2 rings (SSSR count). The summed E-state index contributed by atoms with van der Waals surface area (Å²) >= 11 is 4.67. The number of hydrogen-bond acceptors (Lipinski definition) is 5. The Kier molecular flexibility index (Phi) is 13.8. The number of hydrogen-bond donors (Lipinski definition) is 2. The highest BCUT2D eigenvalue weighted by Crippen LogP contribution is 2.54. The number of nitrogens with two attached hydrogens (primary N) is 1. The van der Waals surface area contributed by atoms with Gasteiger partial charge in [0.1, 0.15) is 12.1 Å². The van der Waals surface area contributed by atoms with Crippen LogP contribution in [0.1, 0.15) is 113 Å². The first-order valence-electron chi connectivity index (χ1n) is 14.5. The molecule has 0 heterocycles. The Morgan fingerprint density at radius 3 is 2.35 bits per heavy atom. The van der Waals surface area contributed by atoms with Gasteiger partial charge in [-0.05, 0) is 76.2 Å². The van der Waals surface area contributed by atoms with Gasteiger partial charge in [-0.15, -0.1) is 0 Å². The van der Waals surface area contributed by atoms with Crippen LogP contribution in [0.15, 0.2) is 30.3 Å². The van der Waals surface area contributed by atoms with Crippen LogP contribution in [0.5, 0.6) is 0 Å². The average Bonchev–Trinajstić information content (AvgIpc) is 3.16. The fraction of sp³-hybridized carbons (Fsp3) is 0.774. The molecule has 4 atom stereocenters. The number of esters is 1. The molecule has 211 valence electrons. The molecule has 0 aliphatic heterocycles. The van der Waals surface area contributed by atoms with Gasteiger partial charge in [-0.3, -0.25) is 4.79 Å². The number of ether oxygens (including phenoxy) is 1. The van der Waals surface area contributed by atoms with E-state index in [1.807, 2.05) is 51.7 Å². The summed E-state index contributed by atoms with van der Waals surface area (Å²) in [5, 5.41) is 0. The van der Waals surface area contributed by atoms with Crippen molar-refractivity contribution in [1.29, 1.82) is 0 Å². The first-order valence-corrected chi connectivity index (χ1v) is 14.9. The van der Waals surface area contributed by atoms with Crippen LogP contribution >= 0.6 is 12.6 Å². The van der Waals surface area contributed by atoms with Crippen molar-refractivity contribution in [2.45, 2.75) is 136 Å². The first kappa shape index (κ1) is 34.1. The van der Waals surface area contributed by atoms with Gasteiger partial charge in [0.05, 0.1) is 5.60 Å². The van der Waals surface area contributed by atoms with Gasteiger partial charge in [0, 0.05) is 4.75 Å². The molecule has 4 unspecified atom stereocenters. The quantitative estimate of drug-likeness (QED) is 0.110. The van der Waals surface area contributed by atoms with Crippen molar-refractivity contribution >= 4 is 26.1 Å². The van der Waals surface area contributed by atoms with Gasteiger partial charge in [0.25, 0.3) is 7.48 Å². The lowest BCUT2D eigenvalue weighted by molar-refractivity contribution is -0.153. The van der Waals surface area contributed by atoms with Crippen LogP contribution in [0.2, 0.25) is 6.32 Å². The Morgan fingerprint density at radius 1 is 1.19 bits per heavy atom. The van der Waals surface area contributed by atoms with Gasteiger partial charge >= 0.3 is 5.97 Å². The molecule has 6 heteroatoms. The molecule has 0 saturated heterocycles. The largest absolute Gasteiger partial charge is 0.459 e. The second-order valence-corrected chi connectivity index (χ2v) is 13.2. The minimum Gasteiger partial charge on any atom is -0.459 e. The summed E-state index contributed by atoms with van der Waals surface area (Å²) < 4.78 is 11.6. The molecule has 37 heavy (non-hydrogen) atoms. The van der Waals surface area contributed by atoms with Gasteiger partial charge in [0.2, 0.25) is 0 Å². The fourth-order valence-electron chi connectivity index (χ4n) is 5.31. The SMILES string of the molecule is CC.CCC(C)CC1(CC)CC(CCC[B]OC(C)(C)C(C)(C)S)C(N)(C(=O)OCc2ccccc2)C1. The molecule has 1 aliphatic carbocycles. The molecular formula is C31H55BNO3S. The van der Waals surface area contributed by atoms with E-state index in [4.69, 9.17) is 15.1 Å². The molecule has 2 N–H and O–H groups in total. The van der Waals surface area contributed by atoms with Crippen LogP contribution < -0.4 is 5.73 Å². The van der Waals surface area contributed by atoms with E-state index in [0.717, 1.165) is 50.4 Å². The summed E-state index contributed by atoms with van der Waals surface area (Å²) in [6.45, 7) is 19.3. The van der Waals surface area contributed by atoms with Crippen molar-refractivity contribution in [3.8, 4) is 0 Å². The van der Waals surface area contributed by atoms with Crippen molar-refractivity contribution in [3.63, 3.8) is 0 Å². The maximum absolute atomic E-state index is 13.5. The highest BCUT2D eigenvalue weighted by molar-refractivity contribution is 7.81. The Morgan fingerprint density at radius 2 is 1.81 bits per heavy atom. The predicted octanol–water partition coefficient (Wildman–Crippen LogP) is 8.02. The van der Waals surface area contributed by atoms with Gasteiger partial charge in [-0.25, -0.2) is 0 Å². The molecule has 1 aromatic rings. The van der Waals surface area contributed by atoms with Crippen LogP contribution in [-0.2, 0) is 20.8 Å². The topological polar surface area (TPSA) is 61.5 Å². The third kappa shape index (κ3) is 9.62. The smallest absolute Gasteiger partial charge is 0.326 e. The van der Waals surface area contributed by atoms with E-state index in [9.17, 15) is 4.79 Å². The number of thiol groups is 1. The van der Waals surface area contributed by atoms with E-state index in [-0.39, 0.29) is 34.3 Å². The van der Waals surface area contributed by atoms with Crippen LogP contribution in [-0.4, -0.2) is 29.3 Å². The molecule has 0 spiro atoms. The molecule has 1 fully saturated rings. The zero-order valence-corrected chi connectivity index (χ0v) is 26.1. The maximum Gasteiger partial charge on any atom is 0.326 e. The number of carbonyl (C=O) groups excluding carboxylic acids is 1. The van der Waals surface area contributed by atoms with Crippen molar-refractivity contribution in [3.05, 3.63) is 35.9 Å². The first-order chi connectivity index (χ1) is 17.3. The maximum atomic E-state index is 13.5. The Bertz CT molecular complexity index is 797. The summed E-state index contributed by atoms with van der Waals surface area (Å²) in [4.78, 5) is 13.5. The Hall–Kier alpha value is -0.975. The van der Waals surface area contributed by atoms with E-state index in [2.05, 4.69) is 61.1 Å². The number of carbonyl (C=O) groups is 1. The highest BCUT2D eigenvalue weighted by Gasteiger charge is 2.56. The van der Waals surface area contributed by atoms with Crippen molar-refractivity contribution in [2.24, 2.45) is 23.0 Å². The lowest BCUT2D eigenvalue weighted by Crippen LogP contribution is -2.52. The average molecular weight is 533 g/mol. The summed E-state index contributed by atoms with van der Waals surface area (Å²) in [6.07, 6.45) is 7.64. The summed E-state index contributed by atoms with van der Waals surface area (Å²) in [7, 11) is 1.91. The highest BCUT2D eigenvalue weighted by atomic mass is 32.1. The van der Waals surface area contributed by atoms with Gasteiger partial charge in [-0.1, -0.05) is 90.5 Å². The lowest BCUT2D eigenvalue weighted by atomic mass is 9.74. The molecular weight excluding hydrogens is 477 g/mol. The number of rotatable bonds is 14. The van der Waals surface area contributed by atoms with Gasteiger partial charge < -0.3 is 15.1 Å². The molecule has 1 radical (unpaired) electrons. The monoisotopic (exact) mass is 532 g/mol. The molecule has 1 aromatic carbocycles. The predicted molar refractivity (Wildman–Crippen MR) is 162 cm³/mol. The standard InChI is InChI=1S/C29H49BNO3S.C2H6/c1-8-22(3)18-28(9-2)19-24(16-13-17-30-34-26(4,5)27(6,7)35)29(31,21-28)25(32)33-20-23-14-11-10-12-15-23;1-2/h10-12,14-15,22,24,35H,8-9,13,16-21,31H2,1-7H3;1-2H3. The molecule has 1 saturated carbocycles. The summed E-state index contributed by atoms with van der Waals surface area (Å²) in [5.74, 6) is 0.480. The minimum atomic E-state index is -0.939. The molecule has 0 amide bonds. The van der Waals surface area contributed by atoms with Crippen LogP contribution in [0.4, 0.5) is 0 Å². The van der Waals surface area contributed by atoms with Crippen molar-refractivity contribution in [1.82, 2.24) is 0 Å². The van der Waals surface area contributed by atoms with Gasteiger partial charge in [-0.2, -0.15) is 12.6 Å². The third-order valence-electron chi connectivity index (χ3n) is 8.62. The second-order valence-electron chi connectivity index (χ2n) is 12.0. The second kappa shape index (κ2) is 15.0. The molecule has 0 bridgehead atoms. The van der Waals surface area contributed by atoms with E-state index in [1.165, 1.54) is 0 Å². The molecule has 0 aromatic heterocycles. The van der Waals surface area contributed by atoms with Crippen LogP contribution in [0.25, 0.3) is 0 Å². The van der Waals surface area contributed by atoms with E-state index < -0.39 is 5.54 Å². The zero-order valence-electron chi connectivity index (χ0n) is 25.2. The normalized spacial score (nSPS) is 24.7. The summed E-state index contributed by atoms with van der Waals surface area (Å²) in [6, 6.07) is 9.84. The Labute approximate surface area is 234 Å². The summed E-state index contributed by atoms with van der Waals surface area (Å²) in [5.41, 5.74) is 6.77. The van der Waals surface area contributed by atoms with E-state index >= 15 is 0 Å². The zero-order chi connectivity index (χ0) is 28.3. The number of benzene rings is 1. The van der Waals surface area contributed by atoms with Crippen LogP contribution in [0.3, 0.4) is 0 Å². The minimum absolute atomic E-state index is 0.0961. The third-order valence-corrected chi connectivity index (χ3v) is 9.16. The lowest BCUT2D eigenvalue weighted by Gasteiger charge is -2.38. The Balaban J connectivity index is 0.00000334. The fourth-order valence-corrected chi connectivity index (χ4v) is 5.36. The molecule has 1 aliphatic rings. The van der Waals surface area contributed by atoms with Crippen molar-refractivity contribution < 1.29 is 14.2 Å². The van der Waals surface area contributed by atoms with E-state index in [1.54, 1.807) is 0 Å². The van der Waals surface area contributed by atoms with E-state index in [0.29, 0.717) is 12.3 Å².